The molecular formula is C21H22N2O5. The summed E-state index contributed by atoms with van der Waals surface area (Å²) in [6.07, 6.45) is 8.12. The second kappa shape index (κ2) is 7.90. The van der Waals surface area contributed by atoms with E-state index in [2.05, 4.69) is 4.90 Å². The van der Waals surface area contributed by atoms with E-state index in [-0.39, 0.29) is 5.57 Å². The van der Waals surface area contributed by atoms with Crippen molar-refractivity contribution in [1.29, 1.82) is 0 Å². The Labute approximate surface area is 162 Å². The van der Waals surface area contributed by atoms with Crippen molar-refractivity contribution in [3.05, 3.63) is 65.7 Å². The second-order valence-corrected chi connectivity index (χ2v) is 6.94. The number of hydrogen-bond donors (Lipinski definition) is 1. The van der Waals surface area contributed by atoms with Crippen molar-refractivity contribution < 1.29 is 23.5 Å². The van der Waals surface area contributed by atoms with Crippen LogP contribution in [0.4, 0.5) is 0 Å². The third kappa shape index (κ3) is 3.53. The molecule has 28 heavy (non-hydrogen) atoms. The summed E-state index contributed by atoms with van der Waals surface area (Å²) in [6, 6.07) is 6.10. The fraction of sp³-hybridized carbons (Fsp3) is 0.333. The minimum atomic E-state index is -0.737. The van der Waals surface area contributed by atoms with Gasteiger partial charge in [0.1, 0.15) is 17.6 Å². The van der Waals surface area contributed by atoms with Crippen LogP contribution in [-0.2, 0) is 9.59 Å². The predicted octanol–water partition coefficient (Wildman–Crippen LogP) is 2.95. The summed E-state index contributed by atoms with van der Waals surface area (Å²) in [5, 5.41) is 10.5. The molecule has 0 bridgehead atoms. The Kier molecular flexibility index (Phi) is 5.16. The van der Waals surface area contributed by atoms with E-state index in [0.717, 1.165) is 25.9 Å². The number of carbonyl (C=O) groups is 2. The molecule has 0 aliphatic carbocycles. The summed E-state index contributed by atoms with van der Waals surface area (Å²) in [6.45, 7) is 3.11. The first-order valence-electron chi connectivity index (χ1n) is 9.41. The molecule has 7 nitrogen and oxygen atoms in total. The summed E-state index contributed by atoms with van der Waals surface area (Å²) in [7, 11) is 0. The van der Waals surface area contributed by atoms with Gasteiger partial charge < -0.3 is 23.7 Å². The van der Waals surface area contributed by atoms with Gasteiger partial charge in [0.15, 0.2) is 11.5 Å². The van der Waals surface area contributed by atoms with E-state index in [4.69, 9.17) is 8.83 Å². The average Bonchev–Trinajstić information content (AvgIpc) is 3.48. The first-order valence-corrected chi connectivity index (χ1v) is 9.41. The normalized spacial score (nSPS) is 20.8. The lowest BCUT2D eigenvalue weighted by atomic mass is 10.0. The van der Waals surface area contributed by atoms with Crippen LogP contribution >= 0.6 is 0 Å². The van der Waals surface area contributed by atoms with E-state index in [1.165, 1.54) is 29.6 Å². The Balaban J connectivity index is 1.59. The highest BCUT2D eigenvalue weighted by molar-refractivity contribution is 6.14. The number of hydrogen-bond acceptors (Lipinski definition) is 6. The first kappa shape index (κ1) is 18.3. The van der Waals surface area contributed by atoms with Gasteiger partial charge in [0, 0.05) is 13.1 Å². The Hall–Kier alpha value is -3.06. The van der Waals surface area contributed by atoms with Gasteiger partial charge in [-0.3, -0.25) is 9.59 Å². The maximum Gasteiger partial charge on any atom is 0.290 e. The molecule has 1 fully saturated rings. The lowest BCUT2D eigenvalue weighted by Crippen LogP contribution is -2.37. The average molecular weight is 382 g/mol. The fourth-order valence-corrected chi connectivity index (χ4v) is 3.77. The van der Waals surface area contributed by atoms with Gasteiger partial charge in [-0.15, -0.1) is 0 Å². The zero-order valence-corrected chi connectivity index (χ0v) is 15.4. The van der Waals surface area contributed by atoms with Crippen molar-refractivity contribution in [3.63, 3.8) is 0 Å². The Morgan fingerprint density at radius 3 is 2.57 bits per heavy atom. The number of rotatable bonds is 7. The Morgan fingerprint density at radius 2 is 1.89 bits per heavy atom. The smallest absolute Gasteiger partial charge is 0.290 e. The number of likely N-dealkylation sites (tertiary alicyclic amines) is 1. The third-order valence-electron chi connectivity index (χ3n) is 5.18. The quantitative estimate of drug-likeness (QED) is 0.741. The molecule has 146 valence electrons. The number of carbonyl (C=O) groups excluding carboxylic acids is 2. The van der Waals surface area contributed by atoms with Crippen molar-refractivity contribution in [3.8, 4) is 0 Å². The Morgan fingerprint density at radius 1 is 1.14 bits per heavy atom. The van der Waals surface area contributed by atoms with Crippen LogP contribution < -0.4 is 0 Å². The molecule has 7 heteroatoms. The minimum Gasteiger partial charge on any atom is -0.503 e. The molecule has 1 saturated heterocycles. The van der Waals surface area contributed by atoms with Crippen LogP contribution in [0.3, 0.4) is 0 Å². The summed E-state index contributed by atoms with van der Waals surface area (Å²) in [5.41, 5.74) is 0.0316. The van der Waals surface area contributed by atoms with E-state index in [1.54, 1.807) is 24.3 Å². The van der Waals surface area contributed by atoms with E-state index < -0.39 is 23.5 Å². The van der Waals surface area contributed by atoms with Gasteiger partial charge >= 0.3 is 0 Å². The van der Waals surface area contributed by atoms with Gasteiger partial charge in [0.05, 0.1) is 18.1 Å². The molecule has 0 radical (unpaired) electrons. The van der Waals surface area contributed by atoms with Crippen LogP contribution in [0, 0.1) is 0 Å². The number of nitrogens with zero attached hydrogens (tertiary/aromatic N) is 2. The monoisotopic (exact) mass is 382 g/mol. The summed E-state index contributed by atoms with van der Waals surface area (Å²) in [4.78, 5) is 29.3. The molecule has 1 atom stereocenters. The van der Waals surface area contributed by atoms with Gasteiger partial charge in [0.25, 0.3) is 5.91 Å². The van der Waals surface area contributed by atoms with Crippen LogP contribution in [0.15, 0.2) is 63.0 Å². The predicted molar refractivity (Wildman–Crippen MR) is 101 cm³/mol. The molecule has 0 saturated carbocycles. The molecule has 4 rings (SSSR count). The van der Waals surface area contributed by atoms with Gasteiger partial charge in [-0.25, -0.2) is 0 Å². The highest BCUT2D eigenvalue weighted by Crippen LogP contribution is 2.38. The first-order chi connectivity index (χ1) is 13.6. The molecule has 2 aromatic rings. The molecule has 1 amide bonds. The molecule has 2 aliphatic rings. The lowest BCUT2D eigenvalue weighted by Gasteiger charge is -2.26. The summed E-state index contributed by atoms with van der Waals surface area (Å²) < 4.78 is 10.7. The van der Waals surface area contributed by atoms with Gasteiger partial charge in [-0.2, -0.15) is 0 Å². The molecule has 2 aliphatic heterocycles. The number of ketones is 1. The molecule has 2 aromatic heterocycles. The Bertz CT molecular complexity index is 889. The molecule has 4 heterocycles. The van der Waals surface area contributed by atoms with E-state index in [0.29, 0.717) is 24.6 Å². The van der Waals surface area contributed by atoms with Crippen LogP contribution in [-0.4, -0.2) is 52.8 Å². The van der Waals surface area contributed by atoms with Crippen molar-refractivity contribution >= 4 is 17.8 Å². The third-order valence-corrected chi connectivity index (χ3v) is 5.18. The fourth-order valence-electron chi connectivity index (χ4n) is 3.77. The van der Waals surface area contributed by atoms with E-state index >= 15 is 0 Å². The van der Waals surface area contributed by atoms with Crippen molar-refractivity contribution in [2.45, 2.75) is 18.9 Å². The maximum absolute atomic E-state index is 12.8. The van der Waals surface area contributed by atoms with Gasteiger partial charge in [0.2, 0.25) is 0 Å². The minimum absolute atomic E-state index is 0.0316. The van der Waals surface area contributed by atoms with Crippen LogP contribution in [0.5, 0.6) is 0 Å². The second-order valence-electron chi connectivity index (χ2n) is 6.94. The summed E-state index contributed by atoms with van der Waals surface area (Å²) >= 11 is 0. The van der Waals surface area contributed by atoms with E-state index in [9.17, 15) is 14.7 Å². The van der Waals surface area contributed by atoms with E-state index in [1.807, 2.05) is 0 Å². The molecule has 1 unspecified atom stereocenters. The van der Waals surface area contributed by atoms with Crippen LogP contribution in [0.2, 0.25) is 0 Å². The van der Waals surface area contributed by atoms with Crippen LogP contribution in [0.1, 0.15) is 30.4 Å². The topological polar surface area (TPSA) is 87.1 Å². The SMILES string of the molecule is O=C(/C=C/c1ccco1)C1=C(O)C(=O)N(CCN2CCCC2)C1c1ccco1. The highest BCUT2D eigenvalue weighted by atomic mass is 16.3. The number of furan rings is 2. The zero-order valence-electron chi connectivity index (χ0n) is 15.4. The number of allylic oxidation sites excluding steroid dienone is 1. The van der Waals surface area contributed by atoms with Crippen molar-refractivity contribution in [2.75, 3.05) is 26.2 Å². The number of amides is 1. The van der Waals surface area contributed by atoms with Gasteiger partial charge in [-0.05, 0) is 62.3 Å². The largest absolute Gasteiger partial charge is 0.503 e. The lowest BCUT2D eigenvalue weighted by molar-refractivity contribution is -0.129. The highest BCUT2D eigenvalue weighted by Gasteiger charge is 2.44. The summed E-state index contributed by atoms with van der Waals surface area (Å²) in [5.74, 6) is -0.550. The molecular weight excluding hydrogens is 360 g/mol. The van der Waals surface area contributed by atoms with Gasteiger partial charge in [-0.1, -0.05) is 0 Å². The molecule has 1 N–H and O–H groups in total. The molecule has 0 spiro atoms. The zero-order chi connectivity index (χ0) is 19.5. The van der Waals surface area contributed by atoms with Crippen LogP contribution in [0.25, 0.3) is 6.08 Å². The number of aliphatic hydroxyl groups excluding tert-OH is 1. The maximum atomic E-state index is 12.8. The van der Waals surface area contributed by atoms with Crippen molar-refractivity contribution in [2.24, 2.45) is 0 Å². The standard InChI is InChI=1S/C21H22N2O5/c24-16(8-7-15-5-3-13-27-15)18-19(17-6-4-14-28-17)23(21(26)20(18)25)12-11-22-9-1-2-10-22/h3-8,13-14,19,25H,1-2,9-12H2/b8-7+. The molecule has 0 aromatic carbocycles. The van der Waals surface area contributed by atoms with Crippen molar-refractivity contribution in [1.82, 2.24) is 9.80 Å². The number of aliphatic hydroxyl groups is 1.